The minimum Gasteiger partial charge on any atom is -0.350 e. The van der Waals surface area contributed by atoms with Gasteiger partial charge < -0.3 is 15.5 Å². The number of rotatable bonds is 7. The van der Waals surface area contributed by atoms with Gasteiger partial charge in [0, 0.05) is 30.4 Å². The zero-order valence-electron chi connectivity index (χ0n) is 14.1. The highest BCUT2D eigenvalue weighted by molar-refractivity contribution is 6.30. The number of nitrogens with one attached hydrogen (secondary N) is 2. The van der Waals surface area contributed by atoms with Crippen LogP contribution in [0.5, 0.6) is 0 Å². The fourth-order valence-electron chi connectivity index (χ4n) is 2.03. The molecule has 2 rings (SSSR count). The summed E-state index contributed by atoms with van der Waals surface area (Å²) in [6.07, 6.45) is 0. The van der Waals surface area contributed by atoms with Crippen molar-refractivity contribution in [3.8, 4) is 0 Å². The Morgan fingerprint density at radius 1 is 1.21 bits per heavy atom. The smallest absolute Gasteiger partial charge is 0.270 e. The van der Waals surface area contributed by atoms with Crippen molar-refractivity contribution in [1.29, 1.82) is 0 Å². The van der Waals surface area contributed by atoms with Gasteiger partial charge in [-0.2, -0.15) is 0 Å². The third kappa shape index (κ3) is 5.79. The van der Waals surface area contributed by atoms with Gasteiger partial charge in [0.15, 0.2) is 0 Å². The van der Waals surface area contributed by atoms with E-state index in [1.54, 1.807) is 6.07 Å². The van der Waals surface area contributed by atoms with E-state index in [4.69, 9.17) is 11.6 Å². The van der Waals surface area contributed by atoms with Gasteiger partial charge in [0.2, 0.25) is 5.95 Å². The van der Waals surface area contributed by atoms with Crippen molar-refractivity contribution in [3.63, 3.8) is 0 Å². The van der Waals surface area contributed by atoms with Crippen molar-refractivity contribution in [2.75, 3.05) is 32.5 Å². The molecule has 0 aliphatic carbocycles. The first-order valence-corrected chi connectivity index (χ1v) is 8.09. The SMILES string of the molecule is Cc1cc(C(=O)NCCN(C)C)nc(NCc2ccc(Cl)cc2)n1. The second kappa shape index (κ2) is 8.61. The summed E-state index contributed by atoms with van der Waals surface area (Å²) in [5, 5.41) is 6.69. The molecular weight excluding hydrogens is 326 g/mol. The standard InChI is InChI=1S/C17H22ClN5O/c1-12-10-15(16(24)19-8-9-23(2)3)22-17(21-12)20-11-13-4-6-14(18)7-5-13/h4-7,10H,8-9,11H2,1-3H3,(H,19,24)(H,20,21,22). The van der Waals surface area contributed by atoms with E-state index in [2.05, 4.69) is 20.6 Å². The summed E-state index contributed by atoms with van der Waals surface area (Å²) < 4.78 is 0. The molecule has 1 heterocycles. The normalized spacial score (nSPS) is 10.7. The lowest BCUT2D eigenvalue weighted by molar-refractivity contribution is 0.0946. The van der Waals surface area contributed by atoms with Crippen LogP contribution in [0.4, 0.5) is 5.95 Å². The van der Waals surface area contributed by atoms with Gasteiger partial charge >= 0.3 is 0 Å². The molecule has 0 bridgehead atoms. The third-order valence-electron chi connectivity index (χ3n) is 3.30. The maximum Gasteiger partial charge on any atom is 0.270 e. The van der Waals surface area contributed by atoms with Gasteiger partial charge in [-0.15, -0.1) is 0 Å². The molecule has 0 atom stereocenters. The van der Waals surface area contributed by atoms with Crippen LogP contribution in [-0.4, -0.2) is 48.0 Å². The summed E-state index contributed by atoms with van der Waals surface area (Å²) in [5.41, 5.74) is 2.16. The average Bonchev–Trinajstić information content (AvgIpc) is 2.53. The molecular formula is C17H22ClN5O. The number of nitrogens with zero attached hydrogens (tertiary/aromatic N) is 3. The van der Waals surface area contributed by atoms with Gasteiger partial charge in [-0.25, -0.2) is 9.97 Å². The second-order valence-electron chi connectivity index (χ2n) is 5.76. The van der Waals surface area contributed by atoms with E-state index in [0.717, 1.165) is 17.8 Å². The zero-order valence-corrected chi connectivity index (χ0v) is 14.9. The molecule has 1 aromatic heterocycles. The van der Waals surface area contributed by atoms with Crippen LogP contribution >= 0.6 is 11.6 Å². The number of anilines is 1. The molecule has 0 aliphatic rings. The van der Waals surface area contributed by atoms with Crippen molar-refractivity contribution >= 4 is 23.5 Å². The Balaban J connectivity index is 1.99. The number of hydrogen-bond acceptors (Lipinski definition) is 5. The highest BCUT2D eigenvalue weighted by Crippen LogP contribution is 2.11. The van der Waals surface area contributed by atoms with Crippen molar-refractivity contribution in [3.05, 3.63) is 52.3 Å². The molecule has 24 heavy (non-hydrogen) atoms. The molecule has 1 amide bonds. The monoisotopic (exact) mass is 347 g/mol. The topological polar surface area (TPSA) is 70.2 Å². The van der Waals surface area contributed by atoms with Gasteiger partial charge in [0.1, 0.15) is 5.69 Å². The summed E-state index contributed by atoms with van der Waals surface area (Å²) in [6, 6.07) is 9.21. The van der Waals surface area contributed by atoms with Gasteiger partial charge in [-0.3, -0.25) is 4.79 Å². The van der Waals surface area contributed by atoms with Crippen molar-refractivity contribution in [2.45, 2.75) is 13.5 Å². The molecule has 0 radical (unpaired) electrons. The number of aryl methyl sites for hydroxylation is 1. The lowest BCUT2D eigenvalue weighted by atomic mass is 10.2. The molecule has 0 spiro atoms. The lowest BCUT2D eigenvalue weighted by Crippen LogP contribution is -2.32. The van der Waals surface area contributed by atoms with Crippen LogP contribution in [0.25, 0.3) is 0 Å². The first-order valence-electron chi connectivity index (χ1n) is 7.71. The van der Waals surface area contributed by atoms with E-state index in [1.807, 2.05) is 50.2 Å². The predicted octanol–water partition coefficient (Wildman–Crippen LogP) is 2.34. The van der Waals surface area contributed by atoms with Crippen LogP contribution < -0.4 is 10.6 Å². The number of likely N-dealkylation sites (N-methyl/N-ethyl adjacent to an activating group) is 1. The Bertz CT molecular complexity index is 688. The first-order chi connectivity index (χ1) is 11.4. The number of amides is 1. The van der Waals surface area contributed by atoms with Gasteiger partial charge in [0.25, 0.3) is 5.91 Å². The van der Waals surface area contributed by atoms with Crippen molar-refractivity contribution in [2.24, 2.45) is 0 Å². The third-order valence-corrected chi connectivity index (χ3v) is 3.55. The van der Waals surface area contributed by atoms with Crippen LogP contribution in [0, 0.1) is 6.92 Å². The molecule has 0 saturated heterocycles. The first kappa shape index (κ1) is 18.2. The van der Waals surface area contributed by atoms with E-state index in [9.17, 15) is 4.79 Å². The number of carbonyl (C=O) groups excluding carboxylic acids is 1. The Morgan fingerprint density at radius 3 is 2.58 bits per heavy atom. The van der Waals surface area contributed by atoms with Crippen LogP contribution in [0.15, 0.2) is 30.3 Å². The van der Waals surface area contributed by atoms with E-state index < -0.39 is 0 Å². The average molecular weight is 348 g/mol. The number of aromatic nitrogens is 2. The summed E-state index contributed by atoms with van der Waals surface area (Å²) in [5.74, 6) is 0.236. The molecule has 2 aromatic rings. The fraction of sp³-hybridized carbons (Fsp3) is 0.353. The predicted molar refractivity (Wildman–Crippen MR) is 96.4 cm³/mol. The molecule has 0 fully saturated rings. The molecule has 6 nitrogen and oxygen atoms in total. The Morgan fingerprint density at radius 2 is 1.92 bits per heavy atom. The summed E-state index contributed by atoms with van der Waals surface area (Å²) in [4.78, 5) is 22.8. The number of benzene rings is 1. The Labute approximate surface area is 147 Å². The minimum atomic E-state index is -0.197. The molecule has 7 heteroatoms. The molecule has 128 valence electrons. The van der Waals surface area contributed by atoms with Crippen LogP contribution in [0.1, 0.15) is 21.7 Å². The number of hydrogen-bond donors (Lipinski definition) is 2. The van der Waals surface area contributed by atoms with Crippen molar-refractivity contribution in [1.82, 2.24) is 20.2 Å². The summed E-state index contributed by atoms with van der Waals surface area (Å²) >= 11 is 5.87. The van der Waals surface area contributed by atoms with Gasteiger partial charge in [-0.1, -0.05) is 23.7 Å². The molecule has 1 aromatic carbocycles. The fourth-order valence-corrected chi connectivity index (χ4v) is 2.16. The Kier molecular flexibility index (Phi) is 6.52. The molecule has 0 aliphatic heterocycles. The van der Waals surface area contributed by atoms with E-state index >= 15 is 0 Å². The maximum atomic E-state index is 12.2. The quantitative estimate of drug-likeness (QED) is 0.804. The molecule has 0 unspecified atom stereocenters. The Hall–Kier alpha value is -2.18. The van der Waals surface area contributed by atoms with Gasteiger partial charge in [0.05, 0.1) is 0 Å². The largest absolute Gasteiger partial charge is 0.350 e. The van der Waals surface area contributed by atoms with E-state index in [1.165, 1.54) is 0 Å². The molecule has 0 saturated carbocycles. The van der Waals surface area contributed by atoms with E-state index in [-0.39, 0.29) is 5.91 Å². The number of halogens is 1. The van der Waals surface area contributed by atoms with Gasteiger partial charge in [-0.05, 0) is 44.8 Å². The highest BCUT2D eigenvalue weighted by atomic mass is 35.5. The second-order valence-corrected chi connectivity index (χ2v) is 6.19. The summed E-state index contributed by atoms with van der Waals surface area (Å²) in [6.45, 7) is 3.74. The highest BCUT2D eigenvalue weighted by Gasteiger charge is 2.10. The van der Waals surface area contributed by atoms with E-state index in [0.29, 0.717) is 29.8 Å². The molecule has 2 N–H and O–H groups in total. The number of carbonyl (C=O) groups is 1. The maximum absolute atomic E-state index is 12.2. The van der Waals surface area contributed by atoms with Crippen LogP contribution in [0.2, 0.25) is 5.02 Å². The lowest BCUT2D eigenvalue weighted by Gasteiger charge is -2.11. The van der Waals surface area contributed by atoms with Crippen molar-refractivity contribution < 1.29 is 4.79 Å². The van der Waals surface area contributed by atoms with Crippen LogP contribution in [-0.2, 0) is 6.54 Å². The summed E-state index contributed by atoms with van der Waals surface area (Å²) in [7, 11) is 3.92. The zero-order chi connectivity index (χ0) is 17.5. The minimum absolute atomic E-state index is 0.197. The van der Waals surface area contributed by atoms with Crippen LogP contribution in [0.3, 0.4) is 0 Å².